The van der Waals surface area contributed by atoms with Crippen molar-refractivity contribution in [2.24, 2.45) is 5.92 Å². The molecule has 0 aliphatic carbocycles. The zero-order valence-corrected chi connectivity index (χ0v) is 18.8. The molecule has 0 atom stereocenters. The van der Waals surface area contributed by atoms with E-state index in [0.717, 1.165) is 10.7 Å². The molecule has 12 heteroatoms. The first-order valence-corrected chi connectivity index (χ1v) is 11.2. The van der Waals surface area contributed by atoms with Crippen molar-refractivity contribution in [3.63, 3.8) is 0 Å². The summed E-state index contributed by atoms with van der Waals surface area (Å²) in [7, 11) is 0. The van der Waals surface area contributed by atoms with Crippen LogP contribution in [-0.4, -0.2) is 51.2 Å². The first kappa shape index (κ1) is 24.3. The number of nitrogens with zero attached hydrogens (tertiary/aromatic N) is 4. The Morgan fingerprint density at radius 1 is 1.15 bits per heavy atom. The predicted octanol–water partition coefficient (Wildman–Crippen LogP) is 3.07. The summed E-state index contributed by atoms with van der Waals surface area (Å²) in [4.78, 5) is 26.5. The molecule has 2 aromatic rings. The van der Waals surface area contributed by atoms with E-state index in [-0.39, 0.29) is 66.1 Å². The van der Waals surface area contributed by atoms with Gasteiger partial charge >= 0.3 is 6.18 Å². The summed E-state index contributed by atoms with van der Waals surface area (Å²) in [5.41, 5.74) is -0.633. The van der Waals surface area contributed by atoms with Crippen LogP contribution < -0.4 is 5.11 Å². The summed E-state index contributed by atoms with van der Waals surface area (Å²) < 4.78 is 56.3. The highest BCUT2D eigenvalue weighted by molar-refractivity contribution is 6.30. The van der Waals surface area contributed by atoms with E-state index in [0.29, 0.717) is 25.9 Å². The number of amides is 2. The molecule has 1 aromatic heterocycles. The van der Waals surface area contributed by atoms with Crippen LogP contribution in [-0.2, 0) is 30.5 Å². The van der Waals surface area contributed by atoms with E-state index >= 15 is 0 Å². The minimum absolute atomic E-state index is 0.0108. The molecule has 0 unspecified atom stereocenters. The van der Waals surface area contributed by atoms with Crippen LogP contribution in [0.1, 0.15) is 41.8 Å². The second-order valence-electron chi connectivity index (χ2n) is 8.63. The van der Waals surface area contributed by atoms with E-state index in [1.54, 1.807) is 0 Å². The molecule has 1 saturated heterocycles. The van der Waals surface area contributed by atoms with Crippen molar-refractivity contribution < 1.29 is 32.3 Å². The predicted molar refractivity (Wildman–Crippen MR) is 111 cm³/mol. The smallest absolute Gasteiger partial charge is 0.435 e. The summed E-state index contributed by atoms with van der Waals surface area (Å²) in [5, 5.41) is 14.9. The monoisotopic (exact) mass is 501 g/mol. The highest BCUT2D eigenvalue weighted by Crippen LogP contribution is 2.36. The third-order valence-electron chi connectivity index (χ3n) is 6.43. The van der Waals surface area contributed by atoms with Crippen LogP contribution in [0.2, 0.25) is 5.02 Å². The average molecular weight is 502 g/mol. The number of piperidine rings is 1. The van der Waals surface area contributed by atoms with E-state index < -0.39 is 23.8 Å². The summed E-state index contributed by atoms with van der Waals surface area (Å²) in [6.45, 7) is 0.404. The van der Waals surface area contributed by atoms with Gasteiger partial charge in [-0.15, -0.1) is 0 Å². The van der Waals surface area contributed by atoms with Crippen LogP contribution in [0.4, 0.5) is 22.4 Å². The Morgan fingerprint density at radius 3 is 2.47 bits per heavy atom. The molecule has 2 aliphatic rings. The lowest BCUT2D eigenvalue weighted by Crippen LogP contribution is -2.46. The fourth-order valence-electron chi connectivity index (χ4n) is 4.56. The Kier molecular flexibility index (Phi) is 6.75. The number of rotatable bonds is 4. The first-order valence-electron chi connectivity index (χ1n) is 10.9. The minimum atomic E-state index is -4.67. The Bertz CT molecular complexity index is 1100. The number of aromatic nitrogens is 2. The van der Waals surface area contributed by atoms with Crippen molar-refractivity contribution in [3.05, 3.63) is 51.6 Å². The Balaban J connectivity index is 1.52. The molecule has 0 N–H and O–H groups in total. The van der Waals surface area contributed by atoms with Gasteiger partial charge in [-0.1, -0.05) is 17.7 Å². The van der Waals surface area contributed by atoms with E-state index in [1.165, 1.54) is 21.9 Å². The summed E-state index contributed by atoms with van der Waals surface area (Å²) in [5.74, 6) is -0.878. The second kappa shape index (κ2) is 9.44. The molecular weight excluding hydrogens is 480 g/mol. The van der Waals surface area contributed by atoms with Gasteiger partial charge in [0.25, 0.3) is 0 Å². The quantitative estimate of drug-likeness (QED) is 0.603. The molecule has 0 bridgehead atoms. The standard InChI is InChI=1S/C22H23ClF4N4O3/c23-15-2-1-14(17(24)10-15)11-31-18-12-30(8-5-16(18)20(28-31)22(25,26)27)19(32)9-13-3-6-29(7-4-13)21(33)34/h1-2,10,13H,3-9,11-12H2,(H,33,34)/p-1. The number of hydrogen-bond acceptors (Lipinski definition) is 4. The number of likely N-dealkylation sites (tertiary alicyclic amines) is 1. The maximum Gasteiger partial charge on any atom is 0.435 e. The molecular formula is C22H22ClF4N4O3-. The van der Waals surface area contributed by atoms with Crippen LogP contribution in [0.3, 0.4) is 0 Å². The third-order valence-corrected chi connectivity index (χ3v) is 6.67. The van der Waals surface area contributed by atoms with Gasteiger partial charge in [-0.3, -0.25) is 9.48 Å². The molecule has 0 spiro atoms. The van der Waals surface area contributed by atoms with Crippen molar-refractivity contribution >= 4 is 23.6 Å². The Morgan fingerprint density at radius 2 is 1.85 bits per heavy atom. The summed E-state index contributed by atoms with van der Waals surface area (Å²) in [6, 6.07) is 3.92. The van der Waals surface area contributed by atoms with Crippen molar-refractivity contribution in [2.45, 2.75) is 44.9 Å². The minimum Gasteiger partial charge on any atom is -0.530 e. The molecule has 7 nitrogen and oxygen atoms in total. The summed E-state index contributed by atoms with van der Waals surface area (Å²) >= 11 is 5.77. The first-order chi connectivity index (χ1) is 16.0. The molecule has 4 rings (SSSR count). The molecule has 0 radical (unpaired) electrons. The number of benzene rings is 1. The molecule has 34 heavy (non-hydrogen) atoms. The molecule has 3 heterocycles. The lowest BCUT2D eigenvalue weighted by atomic mass is 9.92. The van der Waals surface area contributed by atoms with Crippen LogP contribution in [0.5, 0.6) is 0 Å². The van der Waals surface area contributed by atoms with E-state index in [2.05, 4.69) is 5.10 Å². The zero-order valence-electron chi connectivity index (χ0n) is 18.1. The number of carboxylic acid groups (broad SMARTS) is 1. The number of fused-ring (bicyclic) bond motifs is 1. The van der Waals surface area contributed by atoms with Gasteiger partial charge in [0.2, 0.25) is 5.91 Å². The summed E-state index contributed by atoms with van der Waals surface area (Å²) in [6.07, 6.45) is -4.70. The van der Waals surface area contributed by atoms with Crippen LogP contribution in [0.25, 0.3) is 0 Å². The van der Waals surface area contributed by atoms with Crippen molar-refractivity contribution in [1.29, 1.82) is 0 Å². The number of hydrogen-bond donors (Lipinski definition) is 0. The van der Waals surface area contributed by atoms with E-state index in [4.69, 9.17) is 11.6 Å². The number of alkyl halides is 3. The van der Waals surface area contributed by atoms with Crippen molar-refractivity contribution in [3.8, 4) is 0 Å². The van der Waals surface area contributed by atoms with Crippen LogP contribution in [0.15, 0.2) is 18.2 Å². The average Bonchev–Trinajstić information content (AvgIpc) is 3.14. The topological polar surface area (TPSA) is 81.5 Å². The van der Waals surface area contributed by atoms with Crippen LogP contribution >= 0.6 is 11.6 Å². The number of halogens is 5. The van der Waals surface area contributed by atoms with Gasteiger partial charge in [0.15, 0.2) is 5.69 Å². The zero-order chi connectivity index (χ0) is 24.6. The van der Waals surface area contributed by atoms with Crippen molar-refractivity contribution in [2.75, 3.05) is 19.6 Å². The van der Waals surface area contributed by atoms with Crippen molar-refractivity contribution in [1.82, 2.24) is 19.6 Å². The molecule has 2 aliphatic heterocycles. The maximum absolute atomic E-state index is 14.3. The van der Waals surface area contributed by atoms with Gasteiger partial charge < -0.3 is 19.7 Å². The van der Waals surface area contributed by atoms with Gasteiger partial charge in [-0.05, 0) is 37.3 Å². The normalized spacial score (nSPS) is 17.1. The number of carbonyl (C=O) groups excluding carboxylic acids is 2. The highest BCUT2D eigenvalue weighted by Gasteiger charge is 2.41. The molecule has 1 fully saturated rings. The maximum atomic E-state index is 14.3. The van der Waals surface area contributed by atoms with Crippen LogP contribution in [0, 0.1) is 11.7 Å². The Labute approximate surface area is 197 Å². The highest BCUT2D eigenvalue weighted by atomic mass is 35.5. The lowest BCUT2D eigenvalue weighted by molar-refractivity contribution is -0.266. The molecule has 0 saturated carbocycles. The second-order valence-corrected chi connectivity index (χ2v) is 9.07. The van der Waals surface area contributed by atoms with Gasteiger partial charge in [0.05, 0.1) is 18.8 Å². The fraction of sp³-hybridized carbons (Fsp3) is 0.500. The third kappa shape index (κ3) is 5.13. The Hall–Kier alpha value is -2.82. The molecule has 2 amide bonds. The largest absolute Gasteiger partial charge is 0.530 e. The van der Waals surface area contributed by atoms with E-state index in [1.807, 2.05) is 0 Å². The van der Waals surface area contributed by atoms with E-state index in [9.17, 15) is 32.3 Å². The molecule has 184 valence electrons. The van der Waals surface area contributed by atoms with Gasteiger partial charge in [-0.2, -0.15) is 18.3 Å². The van der Waals surface area contributed by atoms with Gasteiger partial charge in [-0.25, -0.2) is 4.39 Å². The lowest BCUT2D eigenvalue weighted by Gasteiger charge is -2.35. The fourth-order valence-corrected chi connectivity index (χ4v) is 4.72. The molecule has 1 aromatic carbocycles. The van der Waals surface area contributed by atoms with Gasteiger partial charge in [0, 0.05) is 42.2 Å². The SMILES string of the molecule is O=C([O-])N1CCC(CC(=O)N2CCc3c(C(F)(F)F)nn(Cc4ccc(Cl)cc4F)c3C2)CC1. The van der Waals surface area contributed by atoms with Gasteiger partial charge in [0.1, 0.15) is 11.9 Å². The number of carbonyl (C=O) groups is 2.